The standard InChI is InChI=1S/C30H30N4O3/c1-6-37-27-13-12-22(14-20(27)4)28-23(18-34(32-28)24-10-8-7-9-11-24)15-25-21(5)26(16-31)30(36)33(29(25)35)17-19(2)3/h7-15,18-19H,6,17H2,1-5H3/b25-15+. The monoisotopic (exact) mass is 494 g/mol. The Morgan fingerprint density at radius 1 is 1.08 bits per heavy atom. The van der Waals surface area contributed by atoms with Crippen LogP contribution in [0.1, 0.15) is 38.8 Å². The fourth-order valence-corrected chi connectivity index (χ4v) is 4.36. The first-order chi connectivity index (χ1) is 17.7. The summed E-state index contributed by atoms with van der Waals surface area (Å²) in [7, 11) is 0. The fourth-order valence-electron chi connectivity index (χ4n) is 4.36. The van der Waals surface area contributed by atoms with Gasteiger partial charge in [0.2, 0.25) is 0 Å². The maximum Gasteiger partial charge on any atom is 0.271 e. The van der Waals surface area contributed by atoms with Crippen molar-refractivity contribution in [3.8, 4) is 28.8 Å². The quantitative estimate of drug-likeness (QED) is 0.320. The van der Waals surface area contributed by atoms with Crippen LogP contribution >= 0.6 is 0 Å². The van der Waals surface area contributed by atoms with Gasteiger partial charge in [0.15, 0.2) is 0 Å². The number of nitrogens with zero attached hydrogens (tertiary/aromatic N) is 4. The molecule has 3 aromatic rings. The minimum absolute atomic E-state index is 0.0135. The second kappa shape index (κ2) is 10.7. The minimum atomic E-state index is -0.543. The lowest BCUT2D eigenvalue weighted by atomic mass is 9.92. The molecule has 2 amide bonds. The van der Waals surface area contributed by atoms with Gasteiger partial charge in [0.05, 0.1) is 18.0 Å². The lowest BCUT2D eigenvalue weighted by molar-refractivity contribution is -0.141. The van der Waals surface area contributed by atoms with E-state index < -0.39 is 11.8 Å². The van der Waals surface area contributed by atoms with Crippen LogP contribution < -0.4 is 4.74 Å². The van der Waals surface area contributed by atoms with Gasteiger partial charge in [0.25, 0.3) is 11.8 Å². The number of amides is 2. The highest BCUT2D eigenvalue weighted by Gasteiger charge is 2.36. The van der Waals surface area contributed by atoms with Gasteiger partial charge in [-0.3, -0.25) is 14.5 Å². The molecule has 1 aliphatic rings. The van der Waals surface area contributed by atoms with Crippen molar-refractivity contribution in [2.24, 2.45) is 5.92 Å². The van der Waals surface area contributed by atoms with Crippen LogP contribution in [0.15, 0.2) is 71.4 Å². The van der Waals surface area contributed by atoms with E-state index in [1.807, 2.05) is 88.5 Å². The lowest BCUT2D eigenvalue weighted by Gasteiger charge is -2.28. The molecule has 0 N–H and O–H groups in total. The van der Waals surface area contributed by atoms with Crippen molar-refractivity contribution in [1.29, 1.82) is 5.26 Å². The van der Waals surface area contributed by atoms with Crippen molar-refractivity contribution in [1.82, 2.24) is 14.7 Å². The van der Waals surface area contributed by atoms with Gasteiger partial charge in [-0.05, 0) is 74.2 Å². The Bertz CT molecular complexity index is 1460. The molecule has 0 saturated carbocycles. The summed E-state index contributed by atoms with van der Waals surface area (Å²) in [5.41, 5.74) is 4.75. The van der Waals surface area contributed by atoms with Crippen LogP contribution in [0.3, 0.4) is 0 Å². The van der Waals surface area contributed by atoms with Crippen LogP contribution in [0.4, 0.5) is 0 Å². The Kier molecular flexibility index (Phi) is 7.40. The smallest absolute Gasteiger partial charge is 0.271 e. The number of ether oxygens (including phenoxy) is 1. The van der Waals surface area contributed by atoms with Crippen LogP contribution in [0.5, 0.6) is 5.75 Å². The summed E-state index contributed by atoms with van der Waals surface area (Å²) in [6.07, 6.45) is 3.60. The number of aromatic nitrogens is 2. The zero-order valence-corrected chi connectivity index (χ0v) is 21.8. The number of rotatable bonds is 7. The van der Waals surface area contributed by atoms with Crippen molar-refractivity contribution in [2.75, 3.05) is 13.2 Å². The maximum atomic E-state index is 13.5. The van der Waals surface area contributed by atoms with Crippen molar-refractivity contribution in [2.45, 2.75) is 34.6 Å². The number of aryl methyl sites for hydroxylation is 1. The predicted molar refractivity (Wildman–Crippen MR) is 143 cm³/mol. The molecule has 4 rings (SSSR count). The Hall–Kier alpha value is -4.44. The Morgan fingerprint density at radius 2 is 1.81 bits per heavy atom. The summed E-state index contributed by atoms with van der Waals surface area (Å²) in [5.74, 6) is -0.0817. The molecule has 1 aromatic heterocycles. The second-order valence-corrected chi connectivity index (χ2v) is 9.41. The number of benzene rings is 2. The number of carbonyl (C=O) groups excluding carboxylic acids is 2. The number of para-hydroxylation sites is 1. The van der Waals surface area contributed by atoms with E-state index in [1.165, 1.54) is 4.90 Å². The maximum absolute atomic E-state index is 13.5. The van der Waals surface area contributed by atoms with E-state index in [1.54, 1.807) is 17.7 Å². The van der Waals surface area contributed by atoms with Crippen molar-refractivity contribution < 1.29 is 14.3 Å². The van der Waals surface area contributed by atoms with Crippen LogP contribution in [-0.4, -0.2) is 39.6 Å². The highest BCUT2D eigenvalue weighted by molar-refractivity contribution is 6.19. The highest BCUT2D eigenvalue weighted by atomic mass is 16.5. The number of nitriles is 1. The molecule has 0 radical (unpaired) electrons. The van der Waals surface area contributed by atoms with Crippen LogP contribution in [-0.2, 0) is 9.59 Å². The molecule has 7 nitrogen and oxygen atoms in total. The molecule has 0 bridgehead atoms. The minimum Gasteiger partial charge on any atom is -0.494 e. The number of imide groups is 1. The van der Waals surface area contributed by atoms with Crippen molar-refractivity contribution in [3.63, 3.8) is 0 Å². The van der Waals surface area contributed by atoms with E-state index in [0.717, 1.165) is 22.6 Å². The van der Waals surface area contributed by atoms with E-state index in [2.05, 4.69) is 0 Å². The summed E-state index contributed by atoms with van der Waals surface area (Å²) in [4.78, 5) is 27.5. The lowest BCUT2D eigenvalue weighted by Crippen LogP contribution is -2.44. The topological polar surface area (TPSA) is 88.2 Å². The first-order valence-corrected chi connectivity index (χ1v) is 12.3. The molecule has 2 heterocycles. The zero-order chi connectivity index (χ0) is 26.7. The van der Waals surface area contributed by atoms with Crippen LogP contribution in [0.2, 0.25) is 0 Å². The van der Waals surface area contributed by atoms with E-state index >= 15 is 0 Å². The van der Waals surface area contributed by atoms with Crippen LogP contribution in [0.25, 0.3) is 23.0 Å². The van der Waals surface area contributed by atoms with Gasteiger partial charge >= 0.3 is 0 Å². The number of hydrogen-bond donors (Lipinski definition) is 0. The van der Waals surface area contributed by atoms with E-state index in [9.17, 15) is 14.9 Å². The van der Waals surface area contributed by atoms with E-state index in [-0.39, 0.29) is 18.0 Å². The molecule has 0 saturated heterocycles. The van der Waals surface area contributed by atoms with Gasteiger partial charge in [-0.1, -0.05) is 32.0 Å². The summed E-state index contributed by atoms with van der Waals surface area (Å²) < 4.78 is 7.47. The first-order valence-electron chi connectivity index (χ1n) is 12.3. The third-order valence-electron chi connectivity index (χ3n) is 6.18. The van der Waals surface area contributed by atoms with E-state index in [4.69, 9.17) is 9.84 Å². The second-order valence-electron chi connectivity index (χ2n) is 9.41. The molecule has 0 unspecified atom stereocenters. The van der Waals surface area contributed by atoms with Gasteiger partial charge in [0.1, 0.15) is 17.4 Å². The fraction of sp³-hybridized carbons (Fsp3) is 0.267. The zero-order valence-electron chi connectivity index (χ0n) is 21.8. The largest absolute Gasteiger partial charge is 0.494 e. The summed E-state index contributed by atoms with van der Waals surface area (Å²) in [6.45, 7) is 10.2. The molecular weight excluding hydrogens is 464 g/mol. The number of carbonyl (C=O) groups is 2. The normalized spacial score (nSPS) is 15.1. The molecule has 188 valence electrons. The number of hydrogen-bond acceptors (Lipinski definition) is 5. The molecule has 0 fully saturated rings. The molecule has 7 heteroatoms. The van der Waals surface area contributed by atoms with Gasteiger partial charge in [-0.15, -0.1) is 0 Å². The van der Waals surface area contributed by atoms with Gasteiger partial charge in [-0.25, -0.2) is 4.68 Å². The molecule has 0 atom stereocenters. The molecule has 37 heavy (non-hydrogen) atoms. The Labute approximate surface area is 217 Å². The average Bonchev–Trinajstić information content (AvgIpc) is 3.30. The molecular formula is C30H30N4O3. The molecule has 0 aliphatic carbocycles. The first kappa shape index (κ1) is 25.6. The molecule has 2 aromatic carbocycles. The van der Waals surface area contributed by atoms with E-state index in [0.29, 0.717) is 29.0 Å². The van der Waals surface area contributed by atoms with Gasteiger partial charge < -0.3 is 4.74 Å². The van der Waals surface area contributed by atoms with Gasteiger partial charge in [0, 0.05) is 29.4 Å². The predicted octanol–water partition coefficient (Wildman–Crippen LogP) is 5.49. The Morgan fingerprint density at radius 3 is 2.43 bits per heavy atom. The molecule has 0 spiro atoms. The summed E-state index contributed by atoms with van der Waals surface area (Å²) >= 11 is 0. The summed E-state index contributed by atoms with van der Waals surface area (Å²) in [6, 6.07) is 17.6. The average molecular weight is 495 g/mol. The van der Waals surface area contributed by atoms with Crippen LogP contribution in [0, 0.1) is 24.2 Å². The third kappa shape index (κ3) is 5.10. The van der Waals surface area contributed by atoms with Gasteiger partial charge in [-0.2, -0.15) is 10.4 Å². The Balaban J connectivity index is 1.91. The molecule has 1 aliphatic heterocycles. The highest BCUT2D eigenvalue weighted by Crippen LogP contribution is 2.33. The summed E-state index contributed by atoms with van der Waals surface area (Å²) in [5, 5.41) is 14.6. The third-order valence-corrected chi connectivity index (χ3v) is 6.18. The van der Waals surface area contributed by atoms with Crippen molar-refractivity contribution >= 4 is 17.9 Å². The van der Waals surface area contributed by atoms with Crippen molar-refractivity contribution in [3.05, 3.63) is 82.6 Å². The SMILES string of the molecule is CCOc1ccc(-c2nn(-c3ccccc3)cc2/C=C2/C(=O)N(CC(C)C)C(=O)C(C#N)=C2C)cc1C.